The van der Waals surface area contributed by atoms with Crippen LogP contribution in [0.15, 0.2) is 102 Å². The van der Waals surface area contributed by atoms with Gasteiger partial charge in [0.1, 0.15) is 5.75 Å². The third-order valence-electron chi connectivity index (χ3n) is 5.31. The van der Waals surface area contributed by atoms with Gasteiger partial charge in [-0.1, -0.05) is 42.5 Å². The van der Waals surface area contributed by atoms with Crippen molar-refractivity contribution in [3.8, 4) is 5.75 Å². The maximum atomic E-state index is 12.7. The molecule has 0 bridgehead atoms. The zero-order valence-electron chi connectivity index (χ0n) is 20.0. The first-order chi connectivity index (χ1) is 17.8. The van der Waals surface area contributed by atoms with Crippen molar-refractivity contribution >= 4 is 61.5 Å². The van der Waals surface area contributed by atoms with Crippen molar-refractivity contribution in [3.63, 3.8) is 0 Å². The second-order valence-electron chi connectivity index (χ2n) is 7.93. The smallest absolute Gasteiger partial charge is 0.261 e. The lowest BCUT2D eigenvalue weighted by atomic mass is 10.0. The van der Waals surface area contributed by atoms with Gasteiger partial charge in [0.25, 0.3) is 10.0 Å². The lowest BCUT2D eigenvalue weighted by Gasteiger charge is -2.11. The molecule has 0 aliphatic rings. The molecule has 4 aromatic carbocycles. The van der Waals surface area contributed by atoms with Crippen molar-refractivity contribution in [2.75, 3.05) is 16.6 Å². The molecule has 0 aliphatic heterocycles. The van der Waals surface area contributed by atoms with Crippen LogP contribution in [0.2, 0.25) is 0 Å². The molecule has 0 aromatic heterocycles. The Morgan fingerprint density at radius 1 is 0.892 bits per heavy atom. The standard InChI is InChI=1S/C28H25N3O4S2/c1-2-35-24-15-11-23(12-16-24)31-37(33,34)25-17-13-22(14-18-25)29-28(36)30-27(32)19-10-21-8-5-7-20-6-3-4-9-26(20)21/h3-19,31H,2H2,1H3,(H2,29,30,32,36)/b19-10+. The minimum absolute atomic E-state index is 0.0832. The molecular formula is C28H25N3O4S2. The minimum atomic E-state index is -3.78. The Bertz CT molecular complexity index is 1540. The van der Waals surface area contributed by atoms with E-state index in [0.29, 0.717) is 23.7 Å². The number of fused-ring (bicyclic) bond motifs is 1. The first-order valence-corrected chi connectivity index (χ1v) is 13.4. The number of carbonyl (C=O) groups is 1. The first kappa shape index (κ1) is 25.9. The molecule has 0 heterocycles. The predicted molar refractivity (Wildman–Crippen MR) is 152 cm³/mol. The third kappa shape index (κ3) is 6.93. The number of benzene rings is 4. The molecule has 0 saturated heterocycles. The molecule has 37 heavy (non-hydrogen) atoms. The van der Waals surface area contributed by atoms with Gasteiger partial charge in [0.2, 0.25) is 5.91 Å². The van der Waals surface area contributed by atoms with Gasteiger partial charge in [-0.3, -0.25) is 14.8 Å². The number of hydrogen-bond acceptors (Lipinski definition) is 5. The summed E-state index contributed by atoms with van der Waals surface area (Å²) in [5, 5.41) is 7.70. The summed E-state index contributed by atoms with van der Waals surface area (Å²) < 4.78 is 33.3. The summed E-state index contributed by atoms with van der Waals surface area (Å²) in [5.74, 6) is 0.275. The fourth-order valence-corrected chi connectivity index (χ4v) is 4.87. The lowest BCUT2D eigenvalue weighted by molar-refractivity contribution is -0.115. The molecule has 7 nitrogen and oxygen atoms in total. The number of carbonyl (C=O) groups excluding carboxylic acids is 1. The SMILES string of the molecule is CCOc1ccc(NS(=O)(=O)c2ccc(NC(=S)NC(=O)/C=C/c3cccc4ccccc34)cc2)cc1. The number of nitrogens with one attached hydrogen (secondary N) is 3. The van der Waals surface area contributed by atoms with Crippen molar-refractivity contribution in [1.82, 2.24) is 5.32 Å². The van der Waals surface area contributed by atoms with Crippen molar-refractivity contribution in [2.24, 2.45) is 0 Å². The summed E-state index contributed by atoms with van der Waals surface area (Å²) >= 11 is 5.22. The fraction of sp³-hybridized carbons (Fsp3) is 0.0714. The van der Waals surface area contributed by atoms with Gasteiger partial charge in [0.15, 0.2) is 5.11 Å². The van der Waals surface area contributed by atoms with Crippen LogP contribution in [0.4, 0.5) is 11.4 Å². The molecule has 0 unspecified atom stereocenters. The van der Waals surface area contributed by atoms with E-state index in [4.69, 9.17) is 17.0 Å². The van der Waals surface area contributed by atoms with E-state index in [9.17, 15) is 13.2 Å². The third-order valence-corrected chi connectivity index (χ3v) is 6.92. The highest BCUT2D eigenvalue weighted by Crippen LogP contribution is 2.21. The number of amides is 1. The van der Waals surface area contributed by atoms with Crippen LogP contribution in [0.5, 0.6) is 5.75 Å². The molecule has 9 heteroatoms. The Morgan fingerprint density at radius 3 is 2.30 bits per heavy atom. The van der Waals surface area contributed by atoms with Crippen molar-refractivity contribution in [1.29, 1.82) is 0 Å². The van der Waals surface area contributed by atoms with E-state index in [1.165, 1.54) is 18.2 Å². The highest BCUT2D eigenvalue weighted by molar-refractivity contribution is 7.92. The van der Waals surface area contributed by atoms with Gasteiger partial charge in [-0.15, -0.1) is 0 Å². The van der Waals surface area contributed by atoms with Crippen LogP contribution in [0, 0.1) is 0 Å². The van der Waals surface area contributed by atoms with Gasteiger partial charge in [-0.05, 0) is 90.1 Å². The van der Waals surface area contributed by atoms with Gasteiger partial charge in [-0.25, -0.2) is 8.42 Å². The highest BCUT2D eigenvalue weighted by Gasteiger charge is 2.14. The number of thiocarbonyl (C=S) groups is 1. The number of ether oxygens (including phenoxy) is 1. The second kappa shape index (κ2) is 11.7. The van der Waals surface area contributed by atoms with Crippen LogP contribution in [0.25, 0.3) is 16.8 Å². The summed E-state index contributed by atoms with van der Waals surface area (Å²) in [6.45, 7) is 2.40. The summed E-state index contributed by atoms with van der Waals surface area (Å²) in [6, 6.07) is 26.5. The maximum absolute atomic E-state index is 12.7. The van der Waals surface area contributed by atoms with E-state index in [1.54, 1.807) is 42.5 Å². The molecule has 0 atom stereocenters. The summed E-state index contributed by atoms with van der Waals surface area (Å²) in [5.41, 5.74) is 1.87. The Morgan fingerprint density at radius 2 is 1.57 bits per heavy atom. The maximum Gasteiger partial charge on any atom is 0.261 e. The van der Waals surface area contributed by atoms with E-state index in [1.807, 2.05) is 49.4 Å². The number of sulfonamides is 1. The monoisotopic (exact) mass is 531 g/mol. The molecule has 0 radical (unpaired) electrons. The van der Waals surface area contributed by atoms with Crippen LogP contribution in [0.1, 0.15) is 12.5 Å². The molecule has 0 aliphatic carbocycles. The van der Waals surface area contributed by atoms with Crippen molar-refractivity contribution in [3.05, 3.63) is 103 Å². The van der Waals surface area contributed by atoms with Crippen molar-refractivity contribution in [2.45, 2.75) is 11.8 Å². The molecule has 4 aromatic rings. The van der Waals surface area contributed by atoms with Crippen LogP contribution in [-0.2, 0) is 14.8 Å². The second-order valence-corrected chi connectivity index (χ2v) is 10.0. The highest BCUT2D eigenvalue weighted by atomic mass is 32.2. The van der Waals surface area contributed by atoms with E-state index < -0.39 is 10.0 Å². The van der Waals surface area contributed by atoms with Gasteiger partial charge >= 0.3 is 0 Å². The van der Waals surface area contributed by atoms with Crippen LogP contribution in [-0.4, -0.2) is 26.0 Å². The van der Waals surface area contributed by atoms with Gasteiger partial charge in [-0.2, -0.15) is 0 Å². The first-order valence-electron chi connectivity index (χ1n) is 11.5. The normalized spacial score (nSPS) is 11.3. The van der Waals surface area contributed by atoms with E-state index >= 15 is 0 Å². The van der Waals surface area contributed by atoms with E-state index in [-0.39, 0.29) is 15.9 Å². The Balaban J connectivity index is 1.33. The van der Waals surface area contributed by atoms with Gasteiger partial charge in [0.05, 0.1) is 11.5 Å². The average molecular weight is 532 g/mol. The molecule has 0 spiro atoms. The molecule has 0 fully saturated rings. The molecule has 0 saturated carbocycles. The number of anilines is 2. The summed E-state index contributed by atoms with van der Waals surface area (Å²) in [6.07, 6.45) is 3.15. The molecule has 1 amide bonds. The van der Waals surface area contributed by atoms with Crippen LogP contribution >= 0.6 is 12.2 Å². The topological polar surface area (TPSA) is 96.5 Å². The molecule has 4 rings (SSSR count). The van der Waals surface area contributed by atoms with Gasteiger partial charge in [0, 0.05) is 17.5 Å². The largest absolute Gasteiger partial charge is 0.494 e. The number of hydrogen-bond donors (Lipinski definition) is 3. The average Bonchev–Trinajstić information content (AvgIpc) is 2.89. The minimum Gasteiger partial charge on any atom is -0.494 e. The summed E-state index contributed by atoms with van der Waals surface area (Å²) in [7, 11) is -3.78. The van der Waals surface area contributed by atoms with Crippen LogP contribution in [0.3, 0.4) is 0 Å². The predicted octanol–water partition coefficient (Wildman–Crippen LogP) is 5.57. The Kier molecular flexibility index (Phi) is 8.17. The van der Waals surface area contributed by atoms with E-state index in [2.05, 4.69) is 15.4 Å². The Hall–Kier alpha value is -4.21. The molecule has 3 N–H and O–H groups in total. The Labute approximate surface area is 221 Å². The van der Waals surface area contributed by atoms with Gasteiger partial charge < -0.3 is 10.1 Å². The summed E-state index contributed by atoms with van der Waals surface area (Å²) in [4.78, 5) is 12.4. The lowest BCUT2D eigenvalue weighted by Crippen LogP contribution is -2.32. The van der Waals surface area contributed by atoms with Crippen molar-refractivity contribution < 1.29 is 17.9 Å². The number of rotatable bonds is 8. The van der Waals surface area contributed by atoms with Crippen LogP contribution < -0.4 is 20.1 Å². The zero-order valence-corrected chi connectivity index (χ0v) is 21.6. The molecular weight excluding hydrogens is 506 g/mol. The quantitative estimate of drug-likeness (QED) is 0.203. The van der Waals surface area contributed by atoms with E-state index in [0.717, 1.165) is 16.3 Å². The zero-order chi connectivity index (χ0) is 26.3. The fourth-order valence-electron chi connectivity index (χ4n) is 3.59. The molecule has 188 valence electrons.